The number of hydrogen-bond acceptors (Lipinski definition) is 3. The fourth-order valence-corrected chi connectivity index (χ4v) is 3.60. The molecule has 5 nitrogen and oxygen atoms in total. The lowest BCUT2D eigenvalue weighted by Gasteiger charge is -2.14. The molecule has 0 atom stereocenters. The Hall–Kier alpha value is -2.18. The molecule has 0 unspecified atom stereocenters. The number of nitrogens with one attached hydrogen (secondary N) is 2. The molecule has 1 fully saturated rings. The van der Waals surface area contributed by atoms with Gasteiger partial charge in [0.05, 0.1) is 0 Å². The summed E-state index contributed by atoms with van der Waals surface area (Å²) in [6.45, 7) is 1.32. The van der Waals surface area contributed by atoms with E-state index < -0.39 is 0 Å². The van der Waals surface area contributed by atoms with Crippen molar-refractivity contribution >= 4 is 46.7 Å². The minimum atomic E-state index is -0.0834. The standard InChI is InChI=1S/C19H20ClN3O2S/c20-14-3-9-17(10-4-14)26-13-1-2-18(24)22-15-5-7-16(8-6-15)23-12-11-21-19(23)25/h3-10H,1-2,11-13H2,(H,21,25)(H,22,24). The molecule has 0 bridgehead atoms. The molecule has 3 rings (SSSR count). The maximum absolute atomic E-state index is 12.0. The normalized spacial score (nSPS) is 13.6. The molecule has 0 spiro atoms. The number of urea groups is 1. The molecule has 136 valence electrons. The molecule has 0 saturated carbocycles. The molecule has 0 aliphatic carbocycles. The minimum absolute atomic E-state index is 0.00614. The number of hydrogen-bond donors (Lipinski definition) is 2. The first-order valence-electron chi connectivity index (χ1n) is 8.45. The quantitative estimate of drug-likeness (QED) is 0.545. The Morgan fingerprint density at radius 3 is 2.54 bits per heavy atom. The largest absolute Gasteiger partial charge is 0.336 e. The van der Waals surface area contributed by atoms with Crippen molar-refractivity contribution in [3.8, 4) is 0 Å². The molecule has 2 aromatic rings. The number of benzene rings is 2. The van der Waals surface area contributed by atoms with Gasteiger partial charge in [-0.1, -0.05) is 11.6 Å². The molecule has 1 aliphatic heterocycles. The van der Waals surface area contributed by atoms with Crippen LogP contribution in [0.1, 0.15) is 12.8 Å². The summed E-state index contributed by atoms with van der Waals surface area (Å²) in [6, 6.07) is 14.9. The van der Waals surface area contributed by atoms with Crippen LogP contribution in [-0.4, -0.2) is 30.8 Å². The van der Waals surface area contributed by atoms with Crippen molar-refractivity contribution in [1.82, 2.24) is 5.32 Å². The highest BCUT2D eigenvalue weighted by molar-refractivity contribution is 7.99. The molecule has 1 heterocycles. The van der Waals surface area contributed by atoms with Crippen LogP contribution in [-0.2, 0) is 4.79 Å². The van der Waals surface area contributed by atoms with E-state index in [-0.39, 0.29) is 11.9 Å². The molecule has 26 heavy (non-hydrogen) atoms. The second-order valence-corrected chi connectivity index (χ2v) is 7.49. The second kappa shape index (κ2) is 8.96. The Kier molecular flexibility index (Phi) is 6.41. The highest BCUT2D eigenvalue weighted by atomic mass is 35.5. The fraction of sp³-hybridized carbons (Fsp3) is 0.263. The second-order valence-electron chi connectivity index (χ2n) is 5.88. The van der Waals surface area contributed by atoms with Crippen LogP contribution in [0.2, 0.25) is 5.02 Å². The number of halogens is 1. The predicted molar refractivity (Wildman–Crippen MR) is 107 cm³/mol. The van der Waals surface area contributed by atoms with Crippen molar-refractivity contribution < 1.29 is 9.59 Å². The lowest BCUT2D eigenvalue weighted by Crippen LogP contribution is -2.27. The Morgan fingerprint density at radius 1 is 1.15 bits per heavy atom. The van der Waals surface area contributed by atoms with Crippen molar-refractivity contribution in [2.24, 2.45) is 0 Å². The predicted octanol–water partition coefficient (Wildman–Crippen LogP) is 4.38. The van der Waals surface area contributed by atoms with E-state index >= 15 is 0 Å². The minimum Gasteiger partial charge on any atom is -0.336 e. The van der Waals surface area contributed by atoms with Crippen molar-refractivity contribution in [3.05, 3.63) is 53.6 Å². The van der Waals surface area contributed by atoms with Gasteiger partial charge in [0.25, 0.3) is 0 Å². The van der Waals surface area contributed by atoms with Gasteiger partial charge in [0, 0.05) is 40.8 Å². The Balaban J connectivity index is 1.40. The van der Waals surface area contributed by atoms with Gasteiger partial charge in [0.15, 0.2) is 0 Å². The molecule has 1 aliphatic rings. The van der Waals surface area contributed by atoms with Gasteiger partial charge in [0.1, 0.15) is 0 Å². The van der Waals surface area contributed by atoms with Gasteiger partial charge in [-0.15, -0.1) is 11.8 Å². The SMILES string of the molecule is O=C(CCCSc1ccc(Cl)cc1)Nc1ccc(N2CCNC2=O)cc1. The summed E-state index contributed by atoms with van der Waals surface area (Å²) in [4.78, 5) is 26.5. The fourth-order valence-electron chi connectivity index (χ4n) is 2.62. The number of anilines is 2. The summed E-state index contributed by atoms with van der Waals surface area (Å²) in [5.74, 6) is 0.867. The lowest BCUT2D eigenvalue weighted by molar-refractivity contribution is -0.116. The van der Waals surface area contributed by atoms with Crippen molar-refractivity contribution in [3.63, 3.8) is 0 Å². The number of thioether (sulfide) groups is 1. The Morgan fingerprint density at radius 2 is 1.88 bits per heavy atom. The van der Waals surface area contributed by atoms with Gasteiger partial charge >= 0.3 is 6.03 Å². The van der Waals surface area contributed by atoms with Crippen molar-refractivity contribution in [2.45, 2.75) is 17.7 Å². The third-order valence-electron chi connectivity index (χ3n) is 3.95. The van der Waals surface area contributed by atoms with Crippen LogP contribution >= 0.6 is 23.4 Å². The van der Waals surface area contributed by atoms with E-state index in [1.165, 1.54) is 0 Å². The summed E-state index contributed by atoms with van der Waals surface area (Å²) in [7, 11) is 0. The van der Waals surface area contributed by atoms with E-state index in [1.54, 1.807) is 16.7 Å². The zero-order chi connectivity index (χ0) is 18.4. The topological polar surface area (TPSA) is 61.4 Å². The maximum Gasteiger partial charge on any atom is 0.321 e. The molecule has 0 radical (unpaired) electrons. The first-order valence-corrected chi connectivity index (χ1v) is 9.82. The number of carbonyl (C=O) groups excluding carboxylic acids is 2. The summed E-state index contributed by atoms with van der Waals surface area (Å²) < 4.78 is 0. The van der Waals surface area contributed by atoms with E-state index in [0.29, 0.717) is 19.5 Å². The molecular weight excluding hydrogens is 370 g/mol. The van der Waals surface area contributed by atoms with Crippen LogP contribution in [0.5, 0.6) is 0 Å². The van der Waals surface area contributed by atoms with E-state index in [0.717, 1.165) is 33.5 Å². The van der Waals surface area contributed by atoms with Gasteiger partial charge < -0.3 is 10.6 Å². The van der Waals surface area contributed by atoms with Crippen LogP contribution in [0, 0.1) is 0 Å². The number of carbonyl (C=O) groups is 2. The molecule has 2 aromatic carbocycles. The smallest absolute Gasteiger partial charge is 0.321 e. The summed E-state index contributed by atoms with van der Waals surface area (Å²) in [6.07, 6.45) is 1.27. The van der Waals surface area contributed by atoms with Gasteiger partial charge in [-0.05, 0) is 60.7 Å². The van der Waals surface area contributed by atoms with Gasteiger partial charge in [0.2, 0.25) is 5.91 Å². The summed E-state index contributed by atoms with van der Waals surface area (Å²) >= 11 is 7.57. The zero-order valence-corrected chi connectivity index (χ0v) is 15.8. The summed E-state index contributed by atoms with van der Waals surface area (Å²) in [5, 5.41) is 6.39. The Labute approximate surface area is 162 Å². The monoisotopic (exact) mass is 389 g/mol. The third kappa shape index (κ3) is 5.16. The van der Waals surface area contributed by atoms with Gasteiger partial charge in [-0.2, -0.15) is 0 Å². The zero-order valence-electron chi connectivity index (χ0n) is 14.2. The van der Waals surface area contributed by atoms with Crippen molar-refractivity contribution in [1.29, 1.82) is 0 Å². The molecule has 0 aromatic heterocycles. The van der Waals surface area contributed by atoms with Gasteiger partial charge in [-0.3, -0.25) is 9.69 Å². The maximum atomic E-state index is 12.0. The van der Waals surface area contributed by atoms with Crippen LogP contribution in [0.25, 0.3) is 0 Å². The first-order chi connectivity index (χ1) is 12.6. The molecular formula is C19H20ClN3O2S. The molecule has 2 N–H and O–H groups in total. The number of rotatable bonds is 7. The van der Waals surface area contributed by atoms with E-state index in [4.69, 9.17) is 11.6 Å². The van der Waals surface area contributed by atoms with Crippen LogP contribution in [0.3, 0.4) is 0 Å². The van der Waals surface area contributed by atoms with E-state index in [2.05, 4.69) is 10.6 Å². The Bertz CT molecular complexity index is 765. The highest BCUT2D eigenvalue weighted by Crippen LogP contribution is 2.22. The van der Waals surface area contributed by atoms with E-state index in [9.17, 15) is 9.59 Å². The molecule has 7 heteroatoms. The van der Waals surface area contributed by atoms with Crippen LogP contribution in [0.4, 0.5) is 16.2 Å². The van der Waals surface area contributed by atoms with Crippen LogP contribution in [0.15, 0.2) is 53.4 Å². The first kappa shape index (κ1) is 18.6. The molecule has 3 amide bonds. The molecule has 1 saturated heterocycles. The number of nitrogens with zero attached hydrogens (tertiary/aromatic N) is 1. The average molecular weight is 390 g/mol. The van der Waals surface area contributed by atoms with Gasteiger partial charge in [-0.25, -0.2) is 4.79 Å². The number of amides is 3. The van der Waals surface area contributed by atoms with Crippen molar-refractivity contribution in [2.75, 3.05) is 29.1 Å². The van der Waals surface area contributed by atoms with E-state index in [1.807, 2.05) is 48.5 Å². The summed E-state index contributed by atoms with van der Waals surface area (Å²) in [5.41, 5.74) is 1.57. The average Bonchev–Trinajstić information content (AvgIpc) is 3.07. The lowest BCUT2D eigenvalue weighted by atomic mass is 10.2. The van der Waals surface area contributed by atoms with Crippen LogP contribution < -0.4 is 15.5 Å². The third-order valence-corrected chi connectivity index (χ3v) is 5.30. The highest BCUT2D eigenvalue weighted by Gasteiger charge is 2.20.